The molecule has 1 aromatic rings. The number of anilines is 1. The summed E-state index contributed by atoms with van der Waals surface area (Å²) in [5.74, 6) is -3.97. The zero-order valence-corrected chi connectivity index (χ0v) is 10.8. The summed E-state index contributed by atoms with van der Waals surface area (Å²) in [5, 5.41) is 9.99. The Balaban J connectivity index is 3.37. The van der Waals surface area contributed by atoms with Crippen LogP contribution in [0.25, 0.3) is 0 Å². The van der Waals surface area contributed by atoms with E-state index in [1.165, 1.54) is 6.92 Å². The largest absolute Gasteiger partial charge is 0.504 e. The highest BCUT2D eigenvalue weighted by molar-refractivity contribution is 6.01. The summed E-state index contributed by atoms with van der Waals surface area (Å²) in [5.41, 5.74) is -0.923. The van der Waals surface area contributed by atoms with Crippen molar-refractivity contribution in [2.75, 3.05) is 11.7 Å². The van der Waals surface area contributed by atoms with Crippen molar-refractivity contribution < 1.29 is 33.5 Å². The van der Waals surface area contributed by atoms with Gasteiger partial charge in [-0.1, -0.05) is 0 Å². The monoisotopic (exact) mass is 285 g/mol. The van der Waals surface area contributed by atoms with Gasteiger partial charge < -0.3 is 14.7 Å². The van der Waals surface area contributed by atoms with E-state index in [0.29, 0.717) is 5.06 Å². The maximum atomic E-state index is 13.3. The predicted molar refractivity (Wildman–Crippen MR) is 64.3 cm³/mol. The number of benzene rings is 1. The number of phenols is 1. The lowest BCUT2D eigenvalue weighted by Gasteiger charge is -2.18. The van der Waals surface area contributed by atoms with Crippen LogP contribution in [0.15, 0.2) is 12.1 Å². The van der Waals surface area contributed by atoms with E-state index in [2.05, 4.69) is 9.57 Å². The molecule has 0 fully saturated rings. The van der Waals surface area contributed by atoms with Crippen LogP contribution in [0, 0.1) is 5.82 Å². The van der Waals surface area contributed by atoms with Gasteiger partial charge in [0.1, 0.15) is 11.3 Å². The number of halogens is 1. The Morgan fingerprint density at radius 3 is 2.60 bits per heavy atom. The van der Waals surface area contributed by atoms with Gasteiger partial charge in [0.25, 0.3) is 0 Å². The highest BCUT2D eigenvalue weighted by Crippen LogP contribution is 2.31. The average molecular weight is 285 g/mol. The normalized spacial score (nSPS) is 9.75. The summed E-state index contributed by atoms with van der Waals surface area (Å²) in [4.78, 5) is 38.0. The van der Waals surface area contributed by atoms with Gasteiger partial charge in [0.15, 0.2) is 11.6 Å². The van der Waals surface area contributed by atoms with E-state index in [1.807, 2.05) is 0 Å². The van der Waals surface area contributed by atoms with E-state index in [1.54, 1.807) is 0 Å². The molecule has 1 rings (SSSR count). The molecule has 1 N–H and O–H groups in total. The Labute approximate surface area is 113 Å². The molecule has 108 valence electrons. The summed E-state index contributed by atoms with van der Waals surface area (Å²) in [6.45, 7) is 2.52. The molecule has 8 heteroatoms. The first kappa shape index (κ1) is 15.4. The predicted octanol–water partition coefficient (Wildman–Crippen LogP) is 1.15. The highest BCUT2D eigenvalue weighted by Gasteiger charge is 2.26. The summed E-state index contributed by atoms with van der Waals surface area (Å²) < 4.78 is 18.0. The molecule has 0 radical (unpaired) electrons. The van der Waals surface area contributed by atoms with Crippen molar-refractivity contribution in [2.24, 2.45) is 0 Å². The lowest BCUT2D eigenvalue weighted by molar-refractivity contribution is -0.145. The van der Waals surface area contributed by atoms with E-state index >= 15 is 0 Å². The number of hydroxylamine groups is 1. The van der Waals surface area contributed by atoms with Crippen LogP contribution in [-0.2, 0) is 19.2 Å². The van der Waals surface area contributed by atoms with Gasteiger partial charge in [-0.3, -0.25) is 4.79 Å². The average Bonchev–Trinajstić information content (AvgIpc) is 2.39. The fourth-order valence-corrected chi connectivity index (χ4v) is 1.41. The van der Waals surface area contributed by atoms with E-state index < -0.39 is 29.1 Å². The van der Waals surface area contributed by atoms with Gasteiger partial charge in [0.05, 0.1) is 6.61 Å². The first-order valence-electron chi connectivity index (χ1n) is 5.54. The molecule has 0 saturated carbocycles. The van der Waals surface area contributed by atoms with Gasteiger partial charge in [-0.25, -0.2) is 14.0 Å². The molecule has 0 saturated heterocycles. The molecule has 1 aromatic carbocycles. The van der Waals surface area contributed by atoms with Crippen molar-refractivity contribution >= 4 is 24.0 Å². The lowest BCUT2D eigenvalue weighted by Crippen LogP contribution is -2.26. The van der Waals surface area contributed by atoms with Gasteiger partial charge in [-0.2, -0.15) is 0 Å². The fourth-order valence-electron chi connectivity index (χ4n) is 1.41. The van der Waals surface area contributed by atoms with E-state index in [9.17, 15) is 23.9 Å². The minimum Gasteiger partial charge on any atom is -0.504 e. The van der Waals surface area contributed by atoms with Crippen LogP contribution in [0.3, 0.4) is 0 Å². The third kappa shape index (κ3) is 3.22. The summed E-state index contributed by atoms with van der Waals surface area (Å²) in [6, 6.07) is 1.81. The van der Waals surface area contributed by atoms with E-state index in [4.69, 9.17) is 0 Å². The Morgan fingerprint density at radius 2 is 2.10 bits per heavy atom. The summed E-state index contributed by atoms with van der Waals surface area (Å²) in [7, 11) is 0. The molecule has 0 unspecified atom stereocenters. The van der Waals surface area contributed by atoms with Gasteiger partial charge in [-0.05, 0) is 19.1 Å². The topological polar surface area (TPSA) is 93.1 Å². The Morgan fingerprint density at radius 1 is 1.45 bits per heavy atom. The highest BCUT2D eigenvalue weighted by atomic mass is 19.1. The molecule has 0 aliphatic rings. The SMILES string of the molecule is CCOC(=O)c1c(N(C=O)OC(C)=O)ccc(F)c1O. The second kappa shape index (κ2) is 6.50. The quantitative estimate of drug-likeness (QED) is 0.495. The number of ether oxygens (including phenoxy) is 1. The van der Waals surface area contributed by atoms with Crippen molar-refractivity contribution in [2.45, 2.75) is 13.8 Å². The number of phenolic OH excluding ortho intramolecular Hbond substituents is 1. The smallest absolute Gasteiger partial charge is 0.344 e. The number of hydrogen-bond donors (Lipinski definition) is 1. The molecule has 20 heavy (non-hydrogen) atoms. The summed E-state index contributed by atoms with van der Waals surface area (Å²) in [6.07, 6.45) is 0.0941. The zero-order valence-electron chi connectivity index (χ0n) is 10.8. The second-order valence-electron chi connectivity index (χ2n) is 3.52. The lowest BCUT2D eigenvalue weighted by atomic mass is 10.1. The number of aromatic hydroxyl groups is 1. The van der Waals surface area contributed by atoms with Crippen LogP contribution in [-0.4, -0.2) is 30.1 Å². The molecule has 0 aliphatic heterocycles. The number of nitrogens with zero attached hydrogens (tertiary/aromatic N) is 1. The number of carbonyl (C=O) groups is 3. The maximum absolute atomic E-state index is 13.3. The van der Waals surface area contributed by atoms with E-state index in [0.717, 1.165) is 19.1 Å². The molecular weight excluding hydrogens is 273 g/mol. The molecule has 0 atom stereocenters. The molecule has 0 aromatic heterocycles. The maximum Gasteiger partial charge on any atom is 0.344 e. The fraction of sp³-hybridized carbons (Fsp3) is 0.250. The molecule has 1 amide bonds. The van der Waals surface area contributed by atoms with Crippen LogP contribution in [0.2, 0.25) is 0 Å². The Kier molecular flexibility index (Phi) is 5.01. The van der Waals surface area contributed by atoms with Crippen molar-refractivity contribution in [3.05, 3.63) is 23.5 Å². The Hall–Kier alpha value is -2.64. The first-order valence-corrected chi connectivity index (χ1v) is 5.54. The number of esters is 1. The molecule has 0 spiro atoms. The van der Waals surface area contributed by atoms with Crippen LogP contribution >= 0.6 is 0 Å². The molecule has 7 nitrogen and oxygen atoms in total. The van der Waals surface area contributed by atoms with Gasteiger partial charge in [0.2, 0.25) is 6.41 Å². The van der Waals surface area contributed by atoms with Crippen molar-refractivity contribution in [1.82, 2.24) is 0 Å². The number of carbonyl (C=O) groups excluding carboxylic acids is 3. The number of amides is 1. The van der Waals surface area contributed by atoms with Crippen LogP contribution in [0.1, 0.15) is 24.2 Å². The van der Waals surface area contributed by atoms with Crippen LogP contribution < -0.4 is 5.06 Å². The van der Waals surface area contributed by atoms with Crippen molar-refractivity contribution in [3.63, 3.8) is 0 Å². The number of hydrogen-bond acceptors (Lipinski definition) is 6. The third-order valence-corrected chi connectivity index (χ3v) is 2.15. The van der Waals surface area contributed by atoms with Gasteiger partial charge >= 0.3 is 11.9 Å². The van der Waals surface area contributed by atoms with Gasteiger partial charge in [-0.15, -0.1) is 5.06 Å². The summed E-state index contributed by atoms with van der Waals surface area (Å²) >= 11 is 0. The van der Waals surface area contributed by atoms with Crippen LogP contribution in [0.4, 0.5) is 10.1 Å². The third-order valence-electron chi connectivity index (χ3n) is 2.15. The Bertz CT molecular complexity index is 545. The van der Waals surface area contributed by atoms with Crippen molar-refractivity contribution in [3.8, 4) is 5.75 Å². The minimum atomic E-state index is -1.08. The number of rotatable bonds is 5. The zero-order chi connectivity index (χ0) is 15.3. The van der Waals surface area contributed by atoms with Crippen molar-refractivity contribution in [1.29, 1.82) is 0 Å². The first-order chi connectivity index (χ1) is 9.42. The standard InChI is InChI=1S/C12H12FNO6/c1-3-19-12(18)10-9(5-4-8(13)11(10)17)14(6-15)20-7(2)16/h4-6,17H,3H2,1-2H3. The van der Waals surface area contributed by atoms with Crippen LogP contribution in [0.5, 0.6) is 5.75 Å². The molecule has 0 aliphatic carbocycles. The second-order valence-corrected chi connectivity index (χ2v) is 3.52. The van der Waals surface area contributed by atoms with Gasteiger partial charge in [0, 0.05) is 6.92 Å². The van der Waals surface area contributed by atoms with E-state index in [-0.39, 0.29) is 18.7 Å². The minimum absolute atomic E-state index is 0.0249. The molecule has 0 heterocycles. The molecular formula is C12H12FNO6. The molecule has 0 bridgehead atoms.